The second-order valence-electron chi connectivity index (χ2n) is 6.75. The molecule has 2 atom stereocenters. The van der Waals surface area contributed by atoms with Gasteiger partial charge < -0.3 is 9.80 Å². The van der Waals surface area contributed by atoms with Gasteiger partial charge in [-0.1, -0.05) is 20.8 Å². The van der Waals surface area contributed by atoms with Gasteiger partial charge in [-0.05, 0) is 45.7 Å². The number of nitrogens with one attached hydrogen (secondary N) is 1. The average molecular weight is 267 g/mol. The number of hydrogen-bond donors (Lipinski definition) is 1. The van der Waals surface area contributed by atoms with Crippen LogP contribution in [0.15, 0.2) is 0 Å². The van der Waals surface area contributed by atoms with Crippen LogP contribution in [-0.2, 0) is 4.79 Å². The van der Waals surface area contributed by atoms with E-state index in [9.17, 15) is 4.79 Å². The molecule has 2 unspecified atom stereocenters. The van der Waals surface area contributed by atoms with Gasteiger partial charge in [0.25, 0.3) is 0 Å². The van der Waals surface area contributed by atoms with Crippen LogP contribution in [0.2, 0.25) is 0 Å². The largest absolute Gasteiger partial charge is 0.324 e. The van der Waals surface area contributed by atoms with Crippen molar-refractivity contribution in [2.75, 3.05) is 20.6 Å². The van der Waals surface area contributed by atoms with Gasteiger partial charge in [-0.15, -0.1) is 0 Å². The van der Waals surface area contributed by atoms with Crippen molar-refractivity contribution in [3.05, 3.63) is 0 Å². The predicted octanol–water partition coefficient (Wildman–Crippen LogP) is 1.66. The second-order valence-corrected chi connectivity index (χ2v) is 6.75. The lowest BCUT2D eigenvalue weighted by Gasteiger charge is -2.50. The Morgan fingerprint density at radius 3 is 2.42 bits per heavy atom. The molecule has 1 N–H and O–H groups in total. The Bertz CT molecular complexity index is 336. The van der Waals surface area contributed by atoms with Crippen molar-refractivity contribution in [1.82, 2.24) is 15.1 Å². The van der Waals surface area contributed by atoms with Crippen LogP contribution in [0.4, 0.5) is 0 Å². The Labute approximate surface area is 117 Å². The summed E-state index contributed by atoms with van der Waals surface area (Å²) in [5, 5.41) is 3.51. The number of nitrogens with zero attached hydrogens (tertiary/aromatic N) is 2. The summed E-state index contributed by atoms with van der Waals surface area (Å²) in [7, 11) is 4.30. The highest BCUT2D eigenvalue weighted by Gasteiger charge is 2.47. The van der Waals surface area contributed by atoms with E-state index in [2.05, 4.69) is 50.0 Å². The quantitative estimate of drug-likeness (QED) is 0.823. The van der Waals surface area contributed by atoms with Gasteiger partial charge in [0.2, 0.25) is 5.91 Å². The fraction of sp³-hybridized carbons (Fsp3) is 0.933. The molecular formula is C15H29N3O. The van der Waals surface area contributed by atoms with Gasteiger partial charge in [0.1, 0.15) is 0 Å². The number of hydrogen-bond acceptors (Lipinski definition) is 3. The summed E-state index contributed by atoms with van der Waals surface area (Å²) in [6, 6.07) is 0.0201. The van der Waals surface area contributed by atoms with E-state index in [-0.39, 0.29) is 17.7 Å². The van der Waals surface area contributed by atoms with Crippen LogP contribution >= 0.6 is 0 Å². The van der Waals surface area contributed by atoms with Crippen molar-refractivity contribution in [3.8, 4) is 0 Å². The highest BCUT2D eigenvalue weighted by atomic mass is 16.2. The molecule has 1 saturated heterocycles. The maximum atomic E-state index is 12.5. The summed E-state index contributed by atoms with van der Waals surface area (Å²) in [5.74, 6) is 0.758. The van der Waals surface area contributed by atoms with Gasteiger partial charge in [-0.2, -0.15) is 0 Å². The zero-order valence-corrected chi connectivity index (χ0v) is 13.1. The van der Waals surface area contributed by atoms with Crippen molar-refractivity contribution in [1.29, 1.82) is 0 Å². The number of rotatable bonds is 5. The molecular weight excluding hydrogens is 238 g/mol. The maximum absolute atomic E-state index is 12.5. The van der Waals surface area contributed by atoms with E-state index in [4.69, 9.17) is 0 Å². The Morgan fingerprint density at radius 2 is 2.05 bits per heavy atom. The minimum absolute atomic E-state index is 0.0201. The third kappa shape index (κ3) is 2.52. The zero-order valence-electron chi connectivity index (χ0n) is 13.1. The number of carbonyl (C=O) groups excluding carboxylic acids is 1. The van der Waals surface area contributed by atoms with E-state index in [0.717, 1.165) is 13.0 Å². The molecule has 1 heterocycles. The molecule has 0 aromatic carbocycles. The van der Waals surface area contributed by atoms with Crippen LogP contribution in [0, 0.1) is 5.92 Å². The molecule has 1 saturated carbocycles. The Balaban J connectivity index is 2.14. The Morgan fingerprint density at radius 1 is 1.42 bits per heavy atom. The van der Waals surface area contributed by atoms with E-state index >= 15 is 0 Å². The molecule has 1 aliphatic heterocycles. The van der Waals surface area contributed by atoms with Gasteiger partial charge in [0.15, 0.2) is 0 Å². The summed E-state index contributed by atoms with van der Waals surface area (Å²) < 4.78 is 0. The van der Waals surface area contributed by atoms with Crippen molar-refractivity contribution >= 4 is 5.91 Å². The van der Waals surface area contributed by atoms with Crippen LogP contribution in [-0.4, -0.2) is 54.1 Å². The first-order chi connectivity index (χ1) is 8.91. The smallest absolute Gasteiger partial charge is 0.241 e. The molecule has 0 spiro atoms. The van der Waals surface area contributed by atoms with Crippen LogP contribution < -0.4 is 5.32 Å². The van der Waals surface area contributed by atoms with E-state index in [1.807, 2.05) is 0 Å². The van der Waals surface area contributed by atoms with Crippen molar-refractivity contribution in [2.24, 2.45) is 5.92 Å². The lowest BCUT2D eigenvalue weighted by molar-refractivity contribution is -0.133. The number of carbonyl (C=O) groups is 1. The Hall–Kier alpha value is -0.610. The Kier molecular flexibility index (Phi) is 4.21. The highest BCUT2D eigenvalue weighted by molar-refractivity contribution is 5.84. The lowest BCUT2D eigenvalue weighted by Crippen LogP contribution is -2.59. The lowest BCUT2D eigenvalue weighted by atomic mass is 9.75. The summed E-state index contributed by atoms with van der Waals surface area (Å²) in [6.45, 7) is 7.35. The van der Waals surface area contributed by atoms with Crippen molar-refractivity contribution in [2.45, 2.75) is 64.2 Å². The van der Waals surface area contributed by atoms with E-state index in [1.54, 1.807) is 0 Å². The third-order valence-electron chi connectivity index (χ3n) is 5.03. The van der Waals surface area contributed by atoms with Crippen molar-refractivity contribution in [3.63, 3.8) is 0 Å². The van der Waals surface area contributed by atoms with Crippen LogP contribution in [0.5, 0.6) is 0 Å². The maximum Gasteiger partial charge on any atom is 0.241 e. The van der Waals surface area contributed by atoms with Gasteiger partial charge in [0, 0.05) is 12.1 Å². The van der Waals surface area contributed by atoms with Crippen LogP contribution in [0.1, 0.15) is 46.5 Å². The summed E-state index contributed by atoms with van der Waals surface area (Å²) in [4.78, 5) is 17.0. The monoisotopic (exact) mass is 267 g/mol. The minimum Gasteiger partial charge on any atom is -0.324 e. The average Bonchev–Trinajstić information content (AvgIpc) is 2.60. The SMILES string of the molecule is CCC1NC(C(C)C)N(CC2(N(C)C)CCC2)C1=O. The zero-order chi connectivity index (χ0) is 14.2. The fourth-order valence-electron chi connectivity index (χ4n) is 3.37. The van der Waals surface area contributed by atoms with E-state index in [0.29, 0.717) is 11.8 Å². The molecule has 4 heteroatoms. The molecule has 0 bridgehead atoms. The number of amides is 1. The molecule has 0 aromatic rings. The van der Waals surface area contributed by atoms with E-state index < -0.39 is 0 Å². The van der Waals surface area contributed by atoms with Crippen LogP contribution in [0.25, 0.3) is 0 Å². The first kappa shape index (κ1) is 14.8. The summed E-state index contributed by atoms with van der Waals surface area (Å²) >= 11 is 0. The molecule has 1 aliphatic carbocycles. The first-order valence-electron chi connectivity index (χ1n) is 7.65. The number of likely N-dealkylation sites (N-methyl/N-ethyl adjacent to an activating group) is 1. The molecule has 2 aliphatic rings. The standard InChI is InChI=1S/C15H29N3O/c1-6-12-14(19)18(13(16-12)11(2)3)10-15(17(4)5)8-7-9-15/h11-13,16H,6-10H2,1-5H3. The molecule has 110 valence electrons. The molecule has 0 radical (unpaired) electrons. The van der Waals surface area contributed by atoms with Gasteiger partial charge in [-0.3, -0.25) is 10.1 Å². The fourth-order valence-corrected chi connectivity index (χ4v) is 3.37. The molecule has 19 heavy (non-hydrogen) atoms. The van der Waals surface area contributed by atoms with E-state index in [1.165, 1.54) is 19.3 Å². The topological polar surface area (TPSA) is 35.6 Å². The van der Waals surface area contributed by atoms with Gasteiger partial charge in [0.05, 0.1) is 12.2 Å². The molecule has 0 aromatic heterocycles. The molecule has 2 fully saturated rings. The van der Waals surface area contributed by atoms with Crippen molar-refractivity contribution < 1.29 is 4.79 Å². The van der Waals surface area contributed by atoms with Gasteiger partial charge in [-0.25, -0.2) is 0 Å². The molecule has 4 nitrogen and oxygen atoms in total. The summed E-state index contributed by atoms with van der Waals surface area (Å²) in [5.41, 5.74) is 0.215. The van der Waals surface area contributed by atoms with Gasteiger partial charge >= 0.3 is 0 Å². The highest BCUT2D eigenvalue weighted by Crippen LogP contribution is 2.38. The predicted molar refractivity (Wildman–Crippen MR) is 77.8 cm³/mol. The third-order valence-corrected chi connectivity index (χ3v) is 5.03. The first-order valence-corrected chi connectivity index (χ1v) is 7.65. The minimum atomic E-state index is 0.0201. The normalized spacial score (nSPS) is 30.3. The van der Waals surface area contributed by atoms with Crippen LogP contribution in [0.3, 0.4) is 0 Å². The second kappa shape index (κ2) is 5.41. The molecule has 1 amide bonds. The molecule has 2 rings (SSSR count). The summed E-state index contributed by atoms with van der Waals surface area (Å²) in [6.07, 6.45) is 4.80.